The number of carbonyl (C=O) groups excluding carboxylic acids is 2. The van der Waals surface area contributed by atoms with Gasteiger partial charge in [0, 0.05) is 61.7 Å². The van der Waals surface area contributed by atoms with Crippen LogP contribution in [-0.4, -0.2) is 49.0 Å². The first kappa shape index (κ1) is 24.8. The number of hydrogen-bond donors (Lipinski definition) is 2. The molecule has 1 aliphatic carbocycles. The maximum absolute atomic E-state index is 15.1. The number of nitrogens with zero attached hydrogens (tertiary/aromatic N) is 3. The van der Waals surface area contributed by atoms with Crippen molar-refractivity contribution in [3.8, 4) is 0 Å². The van der Waals surface area contributed by atoms with Crippen molar-refractivity contribution < 1.29 is 18.4 Å². The van der Waals surface area contributed by atoms with E-state index in [4.69, 9.17) is 0 Å². The lowest BCUT2D eigenvalue weighted by Crippen LogP contribution is -2.60. The van der Waals surface area contributed by atoms with Crippen molar-refractivity contribution in [1.29, 1.82) is 0 Å². The third kappa shape index (κ3) is 4.86. The summed E-state index contributed by atoms with van der Waals surface area (Å²) in [5.41, 5.74) is 3.66. The molecule has 2 N–H and O–H groups in total. The van der Waals surface area contributed by atoms with Crippen LogP contribution in [0.5, 0.6) is 0 Å². The fraction of sp³-hybridized carbons (Fsp3) is 0.483. The van der Waals surface area contributed by atoms with Crippen LogP contribution < -0.4 is 20.4 Å². The molecular weight excluding hydrogens is 488 g/mol. The number of aryl methyl sites for hydroxylation is 1. The number of allylic oxidation sites excluding steroid dienone is 2. The van der Waals surface area contributed by atoms with Gasteiger partial charge in [-0.05, 0) is 68.9 Å². The molecule has 38 heavy (non-hydrogen) atoms. The molecule has 3 aliphatic heterocycles. The summed E-state index contributed by atoms with van der Waals surface area (Å²) in [6, 6.07) is 6.58. The van der Waals surface area contributed by atoms with Gasteiger partial charge in [0.2, 0.25) is 11.8 Å². The minimum atomic E-state index is -0.818. The molecule has 200 valence electrons. The third-order valence-electron chi connectivity index (χ3n) is 8.34. The number of anilines is 2. The van der Waals surface area contributed by atoms with Gasteiger partial charge in [0.1, 0.15) is 17.5 Å². The van der Waals surface area contributed by atoms with E-state index in [0.717, 1.165) is 49.4 Å². The number of piperidine rings is 1. The van der Waals surface area contributed by atoms with Crippen LogP contribution in [0.25, 0.3) is 0 Å². The summed E-state index contributed by atoms with van der Waals surface area (Å²) < 4.78 is 30.1. The number of nitrogens with one attached hydrogen (secondary N) is 2. The molecule has 1 aromatic heterocycles. The Morgan fingerprint density at radius 1 is 1.08 bits per heavy atom. The molecule has 1 unspecified atom stereocenters. The lowest BCUT2D eigenvalue weighted by Gasteiger charge is -2.43. The molecule has 1 atom stereocenters. The molecule has 2 aromatic rings. The second-order valence-corrected chi connectivity index (χ2v) is 11.2. The van der Waals surface area contributed by atoms with Gasteiger partial charge >= 0.3 is 0 Å². The maximum atomic E-state index is 15.1. The minimum Gasteiger partial charge on any atom is -0.367 e. The van der Waals surface area contributed by atoms with E-state index in [9.17, 15) is 9.59 Å². The van der Waals surface area contributed by atoms with E-state index in [1.807, 2.05) is 24.0 Å². The van der Waals surface area contributed by atoms with Crippen molar-refractivity contribution in [1.82, 2.24) is 15.6 Å². The first-order valence-corrected chi connectivity index (χ1v) is 13.6. The number of aromatic nitrogens is 1. The summed E-state index contributed by atoms with van der Waals surface area (Å²) in [6.45, 7) is 4.64. The molecule has 6 rings (SSSR count). The molecule has 1 saturated carbocycles. The van der Waals surface area contributed by atoms with Gasteiger partial charge < -0.3 is 20.4 Å². The quantitative estimate of drug-likeness (QED) is 0.603. The molecule has 4 fully saturated rings. The summed E-state index contributed by atoms with van der Waals surface area (Å²) in [5.74, 6) is -1.28. The zero-order chi connectivity index (χ0) is 26.4. The van der Waals surface area contributed by atoms with Gasteiger partial charge in [0.05, 0.1) is 12.0 Å². The largest absolute Gasteiger partial charge is 0.367 e. The number of amides is 2. The molecule has 0 spiro atoms. The van der Waals surface area contributed by atoms with Crippen LogP contribution in [0.15, 0.2) is 41.7 Å². The van der Waals surface area contributed by atoms with Crippen molar-refractivity contribution in [3.63, 3.8) is 0 Å². The summed E-state index contributed by atoms with van der Waals surface area (Å²) in [4.78, 5) is 33.6. The van der Waals surface area contributed by atoms with Crippen molar-refractivity contribution in [2.24, 2.45) is 5.92 Å². The number of benzene rings is 1. The highest BCUT2D eigenvalue weighted by Crippen LogP contribution is 2.37. The molecule has 4 aliphatic rings. The topological polar surface area (TPSA) is 77.6 Å². The van der Waals surface area contributed by atoms with Gasteiger partial charge in [-0.1, -0.05) is 5.57 Å². The van der Waals surface area contributed by atoms with Gasteiger partial charge in [-0.3, -0.25) is 9.59 Å². The highest BCUT2D eigenvalue weighted by atomic mass is 19.1. The molecule has 9 heteroatoms. The lowest BCUT2D eigenvalue weighted by atomic mass is 9.83. The van der Waals surface area contributed by atoms with Crippen molar-refractivity contribution in [2.75, 3.05) is 36.0 Å². The summed E-state index contributed by atoms with van der Waals surface area (Å²) in [6.07, 6.45) is 6.44. The number of hydrogen-bond acceptors (Lipinski definition) is 5. The second kappa shape index (κ2) is 10.0. The normalized spacial score (nSPS) is 22.0. The smallest absolute Gasteiger partial charge is 0.231 e. The van der Waals surface area contributed by atoms with Gasteiger partial charge in [-0.15, -0.1) is 0 Å². The summed E-state index contributed by atoms with van der Waals surface area (Å²) >= 11 is 0. The van der Waals surface area contributed by atoms with Gasteiger partial charge in [0.15, 0.2) is 0 Å². The Balaban J connectivity index is 0.985. The third-order valence-corrected chi connectivity index (χ3v) is 8.34. The van der Waals surface area contributed by atoms with Crippen molar-refractivity contribution in [2.45, 2.75) is 57.4 Å². The number of rotatable bonds is 6. The van der Waals surface area contributed by atoms with E-state index in [2.05, 4.69) is 20.5 Å². The first-order valence-electron chi connectivity index (χ1n) is 13.6. The van der Waals surface area contributed by atoms with E-state index in [1.54, 1.807) is 6.20 Å². The highest BCUT2D eigenvalue weighted by Gasteiger charge is 2.36. The first-order chi connectivity index (χ1) is 18.3. The Morgan fingerprint density at radius 3 is 2.45 bits per heavy atom. The van der Waals surface area contributed by atoms with Crippen LogP contribution in [0.2, 0.25) is 0 Å². The van der Waals surface area contributed by atoms with Crippen LogP contribution in [0.4, 0.5) is 20.3 Å². The van der Waals surface area contributed by atoms with Crippen LogP contribution in [0.1, 0.15) is 55.6 Å². The minimum absolute atomic E-state index is 0.00348. The molecule has 2 amide bonds. The standard InChI is InChI=1S/C29H33F2N5O2/c1-17-7-8-32-26(9-17)36-13-18(14-36)10-27(37)33-20-15-35(16-20)21-11-23(30)28(24(31)12-21)22-5-6-25(34-29(22)38)19-3-2-4-19/h7-9,11-12,18,20,22H,2-6,10,13-16H2,1H3,(H,33,37)(H,34,38). The SMILES string of the molecule is Cc1ccnc(N2CC(CC(=O)NC3CN(c4cc(F)c(C5CCC(=C6CCC6)NC5=O)c(F)c4)C3)C2)c1. The Kier molecular flexibility index (Phi) is 6.53. The second-order valence-electron chi connectivity index (χ2n) is 11.2. The Morgan fingerprint density at radius 2 is 1.82 bits per heavy atom. The summed E-state index contributed by atoms with van der Waals surface area (Å²) in [7, 11) is 0. The average Bonchev–Trinajstić information content (AvgIpc) is 2.77. The molecule has 0 bridgehead atoms. The fourth-order valence-electron chi connectivity index (χ4n) is 5.91. The number of carbonyl (C=O) groups is 2. The predicted octanol–water partition coefficient (Wildman–Crippen LogP) is 3.93. The van der Waals surface area contributed by atoms with Crippen molar-refractivity contribution >= 4 is 23.3 Å². The van der Waals surface area contributed by atoms with E-state index < -0.39 is 17.6 Å². The summed E-state index contributed by atoms with van der Waals surface area (Å²) in [5, 5.41) is 5.93. The number of halogens is 2. The van der Waals surface area contributed by atoms with Crippen LogP contribution in [0, 0.1) is 24.5 Å². The van der Waals surface area contributed by atoms with E-state index in [0.29, 0.717) is 44.0 Å². The van der Waals surface area contributed by atoms with Crippen LogP contribution in [-0.2, 0) is 9.59 Å². The van der Waals surface area contributed by atoms with Gasteiger partial charge in [-0.2, -0.15) is 0 Å². The monoisotopic (exact) mass is 521 g/mol. The maximum Gasteiger partial charge on any atom is 0.231 e. The molecule has 4 heterocycles. The molecular formula is C29H33F2N5O2. The number of pyridine rings is 1. The Bertz CT molecular complexity index is 1270. The zero-order valence-corrected chi connectivity index (χ0v) is 21.6. The molecule has 1 aromatic carbocycles. The van der Waals surface area contributed by atoms with Gasteiger partial charge in [-0.25, -0.2) is 13.8 Å². The van der Waals surface area contributed by atoms with Crippen LogP contribution in [0.3, 0.4) is 0 Å². The Labute approximate surface area is 221 Å². The molecule has 0 radical (unpaired) electrons. The van der Waals surface area contributed by atoms with E-state index in [-0.39, 0.29) is 23.4 Å². The average molecular weight is 522 g/mol. The molecule has 3 saturated heterocycles. The van der Waals surface area contributed by atoms with Crippen LogP contribution >= 0.6 is 0 Å². The van der Waals surface area contributed by atoms with E-state index >= 15 is 8.78 Å². The Hall–Kier alpha value is -3.49. The molecule has 7 nitrogen and oxygen atoms in total. The fourth-order valence-corrected chi connectivity index (χ4v) is 5.91. The zero-order valence-electron chi connectivity index (χ0n) is 21.6. The van der Waals surface area contributed by atoms with Crippen molar-refractivity contribution in [3.05, 3.63) is 64.5 Å². The van der Waals surface area contributed by atoms with Gasteiger partial charge in [0.25, 0.3) is 0 Å². The predicted molar refractivity (Wildman–Crippen MR) is 141 cm³/mol. The lowest BCUT2D eigenvalue weighted by molar-refractivity contribution is -0.123. The highest BCUT2D eigenvalue weighted by molar-refractivity contribution is 5.86. The van der Waals surface area contributed by atoms with E-state index in [1.165, 1.54) is 17.7 Å².